The highest BCUT2D eigenvalue weighted by atomic mass is 16.5. The maximum atomic E-state index is 12.4. The smallest absolute Gasteiger partial charge is 0.298 e. The number of aryl methyl sites for hydroxylation is 2. The quantitative estimate of drug-likeness (QED) is 0.378. The molecule has 2 aliphatic rings. The molecule has 1 aromatic heterocycles. The van der Waals surface area contributed by atoms with E-state index in [1.54, 1.807) is 0 Å². The fraction of sp³-hybridized carbons (Fsp3) is 0.448. The van der Waals surface area contributed by atoms with E-state index in [1.807, 2.05) is 17.9 Å². The molecule has 2 fully saturated rings. The average molecular weight is 458 g/mol. The number of rotatable bonds is 6. The lowest BCUT2D eigenvalue weighted by molar-refractivity contribution is -0.126. The predicted molar refractivity (Wildman–Crippen MR) is 138 cm³/mol. The number of fused-ring (bicyclic) bond motifs is 1. The number of hydrogen-bond acceptors (Lipinski definition) is 3. The highest BCUT2D eigenvalue weighted by Crippen LogP contribution is 2.41. The van der Waals surface area contributed by atoms with Crippen molar-refractivity contribution >= 4 is 16.9 Å². The van der Waals surface area contributed by atoms with E-state index in [1.165, 1.54) is 18.4 Å². The van der Waals surface area contributed by atoms with Crippen molar-refractivity contribution in [2.75, 3.05) is 19.7 Å². The summed E-state index contributed by atoms with van der Waals surface area (Å²) in [5.41, 5.74) is 5.52. The van der Waals surface area contributed by atoms with Crippen LogP contribution in [0.2, 0.25) is 0 Å². The van der Waals surface area contributed by atoms with E-state index in [4.69, 9.17) is 4.74 Å². The minimum Gasteiger partial charge on any atom is -0.492 e. The minimum atomic E-state index is -0.0303. The van der Waals surface area contributed by atoms with Gasteiger partial charge in [-0.15, -0.1) is 0 Å². The molecule has 5 nitrogen and oxygen atoms in total. The van der Waals surface area contributed by atoms with Crippen molar-refractivity contribution < 1.29 is 11.0 Å². The second-order valence-corrected chi connectivity index (χ2v) is 9.60. The number of carbonyl (C=O) groups is 1. The summed E-state index contributed by atoms with van der Waals surface area (Å²) in [6.07, 6.45) is 6.50. The monoisotopic (exact) mass is 457 g/mol. The molecule has 0 spiro atoms. The fourth-order valence-electron chi connectivity index (χ4n) is 5.06. The Morgan fingerprint density at radius 1 is 1.12 bits per heavy atom. The van der Waals surface area contributed by atoms with Crippen molar-refractivity contribution in [2.24, 2.45) is 11.8 Å². The number of amides is 1. The standard InChI is InChI=1S/C29H33N3O2.H2/c1-3-21-18-24(25-9-11-26-27(19-25)31-20(2)30-26)10-12-28(21)34-17-5-4-6-29(33)32-15-13-23(14-16-32)22-7-8-22;/h9-12,18-19,22-23H,3,5,7-8,13-17H2,1-2H3,(H,30,31);1H. The molecular formula is C29H35N3O2. The van der Waals surface area contributed by atoms with E-state index >= 15 is 0 Å². The Bertz CT molecular complexity index is 1240. The van der Waals surface area contributed by atoms with Gasteiger partial charge in [0.2, 0.25) is 0 Å². The number of H-pyrrole nitrogens is 1. The molecule has 34 heavy (non-hydrogen) atoms. The van der Waals surface area contributed by atoms with Gasteiger partial charge in [-0.3, -0.25) is 4.79 Å². The molecule has 2 aromatic carbocycles. The van der Waals surface area contributed by atoms with Crippen LogP contribution >= 0.6 is 0 Å². The zero-order valence-corrected chi connectivity index (χ0v) is 20.2. The number of piperidine rings is 1. The number of nitrogens with zero attached hydrogens (tertiary/aromatic N) is 2. The zero-order chi connectivity index (χ0) is 23.5. The second kappa shape index (κ2) is 9.93. The fourth-order valence-corrected chi connectivity index (χ4v) is 5.06. The summed E-state index contributed by atoms with van der Waals surface area (Å²) in [4.78, 5) is 22.1. The third-order valence-electron chi connectivity index (χ3n) is 7.17. The first-order chi connectivity index (χ1) is 16.6. The summed E-state index contributed by atoms with van der Waals surface area (Å²) in [7, 11) is 0. The molecule has 5 rings (SSSR count). The molecule has 5 heteroatoms. The van der Waals surface area contributed by atoms with Gasteiger partial charge >= 0.3 is 0 Å². The zero-order valence-electron chi connectivity index (χ0n) is 20.2. The van der Waals surface area contributed by atoms with Gasteiger partial charge in [-0.05, 0) is 97.7 Å². The van der Waals surface area contributed by atoms with Crippen molar-refractivity contribution in [2.45, 2.75) is 52.4 Å². The van der Waals surface area contributed by atoms with Crippen LogP contribution in [0, 0.1) is 30.6 Å². The highest BCUT2D eigenvalue weighted by molar-refractivity contribution is 5.93. The van der Waals surface area contributed by atoms with Crippen LogP contribution in [0.25, 0.3) is 22.2 Å². The van der Waals surface area contributed by atoms with Gasteiger partial charge in [-0.25, -0.2) is 4.98 Å². The van der Waals surface area contributed by atoms with Crippen LogP contribution in [0.4, 0.5) is 0 Å². The van der Waals surface area contributed by atoms with Crippen molar-refractivity contribution in [1.29, 1.82) is 0 Å². The molecule has 1 aliphatic heterocycles. The molecule has 0 unspecified atom stereocenters. The maximum Gasteiger partial charge on any atom is 0.298 e. The molecule has 1 saturated heterocycles. The average Bonchev–Trinajstić information content (AvgIpc) is 3.64. The van der Waals surface area contributed by atoms with E-state index in [0.717, 1.165) is 77.9 Å². The Hall–Kier alpha value is -3.26. The van der Waals surface area contributed by atoms with Crippen LogP contribution in [0.3, 0.4) is 0 Å². The minimum absolute atomic E-state index is 0. The number of aromatic amines is 1. The Morgan fingerprint density at radius 2 is 1.85 bits per heavy atom. The topological polar surface area (TPSA) is 58.2 Å². The third kappa shape index (κ3) is 5.12. The summed E-state index contributed by atoms with van der Waals surface area (Å²) >= 11 is 0. The molecule has 1 amide bonds. The number of imidazole rings is 1. The van der Waals surface area contributed by atoms with Crippen molar-refractivity contribution in [3.05, 3.63) is 47.8 Å². The maximum absolute atomic E-state index is 12.4. The van der Waals surface area contributed by atoms with Crippen molar-refractivity contribution in [1.82, 2.24) is 14.9 Å². The van der Waals surface area contributed by atoms with Crippen LogP contribution in [0.1, 0.15) is 51.8 Å². The molecule has 178 valence electrons. The van der Waals surface area contributed by atoms with Crippen LogP contribution < -0.4 is 4.74 Å². The van der Waals surface area contributed by atoms with E-state index < -0.39 is 0 Å². The van der Waals surface area contributed by atoms with Gasteiger partial charge in [-0.1, -0.05) is 25.0 Å². The number of likely N-dealkylation sites (tertiary alicyclic amines) is 1. The normalized spacial score (nSPS) is 16.4. The SMILES string of the molecule is CCc1cc(-c2ccc3nc(C)[nH]c3c2)ccc1OCCC#CC(=O)N1CCC(C2CC2)CC1.[HH]. The van der Waals surface area contributed by atoms with E-state index in [0.29, 0.717) is 13.0 Å². The lowest BCUT2D eigenvalue weighted by Crippen LogP contribution is -2.38. The summed E-state index contributed by atoms with van der Waals surface area (Å²) in [6, 6.07) is 12.6. The van der Waals surface area contributed by atoms with E-state index in [-0.39, 0.29) is 7.33 Å². The largest absolute Gasteiger partial charge is 0.492 e. The summed E-state index contributed by atoms with van der Waals surface area (Å²) in [5.74, 6) is 9.39. The first-order valence-corrected chi connectivity index (χ1v) is 12.6. The van der Waals surface area contributed by atoms with Crippen LogP contribution in [0.5, 0.6) is 5.75 Å². The van der Waals surface area contributed by atoms with Crippen molar-refractivity contribution in [3.63, 3.8) is 0 Å². The molecule has 2 heterocycles. The Kier molecular flexibility index (Phi) is 6.58. The van der Waals surface area contributed by atoms with Crippen LogP contribution in [0.15, 0.2) is 36.4 Å². The second-order valence-electron chi connectivity index (χ2n) is 9.60. The number of nitrogens with one attached hydrogen (secondary N) is 1. The van der Waals surface area contributed by atoms with Crippen LogP contribution in [-0.2, 0) is 11.2 Å². The summed E-state index contributed by atoms with van der Waals surface area (Å²) in [5, 5.41) is 0. The first-order valence-electron chi connectivity index (χ1n) is 12.6. The van der Waals surface area contributed by atoms with Gasteiger partial charge in [0.25, 0.3) is 5.91 Å². The molecule has 0 bridgehead atoms. The van der Waals surface area contributed by atoms with Gasteiger partial charge in [0, 0.05) is 20.9 Å². The van der Waals surface area contributed by atoms with E-state index in [9.17, 15) is 4.79 Å². The lowest BCUT2D eigenvalue weighted by Gasteiger charge is -2.30. The Morgan fingerprint density at radius 3 is 2.62 bits per heavy atom. The first kappa shape index (κ1) is 22.5. The Labute approximate surface area is 203 Å². The summed E-state index contributed by atoms with van der Waals surface area (Å²) in [6.45, 7) is 6.32. The van der Waals surface area contributed by atoms with Gasteiger partial charge in [-0.2, -0.15) is 0 Å². The molecule has 1 N–H and O–H groups in total. The van der Waals surface area contributed by atoms with Gasteiger partial charge < -0.3 is 14.6 Å². The molecule has 1 saturated carbocycles. The number of aromatic nitrogens is 2. The number of ether oxygens (including phenoxy) is 1. The summed E-state index contributed by atoms with van der Waals surface area (Å²) < 4.78 is 6.02. The van der Waals surface area contributed by atoms with Crippen molar-refractivity contribution in [3.8, 4) is 28.7 Å². The molecular weight excluding hydrogens is 422 g/mol. The van der Waals surface area contributed by atoms with Gasteiger partial charge in [0.15, 0.2) is 0 Å². The molecule has 0 atom stereocenters. The number of carbonyl (C=O) groups excluding carboxylic acids is 1. The number of benzene rings is 2. The molecule has 3 aromatic rings. The molecule has 1 aliphatic carbocycles. The number of hydrogen-bond donors (Lipinski definition) is 1. The predicted octanol–water partition coefficient (Wildman–Crippen LogP) is 5.77. The van der Waals surface area contributed by atoms with Crippen LogP contribution in [-0.4, -0.2) is 40.5 Å². The Balaban J connectivity index is 0.00000289. The molecule has 0 radical (unpaired) electrons. The highest BCUT2D eigenvalue weighted by Gasteiger charge is 2.34. The third-order valence-corrected chi connectivity index (χ3v) is 7.17. The van der Waals surface area contributed by atoms with Gasteiger partial charge in [0.05, 0.1) is 17.6 Å². The lowest BCUT2D eigenvalue weighted by atomic mass is 9.92. The van der Waals surface area contributed by atoms with Gasteiger partial charge in [0.1, 0.15) is 11.6 Å². The van der Waals surface area contributed by atoms with E-state index in [2.05, 4.69) is 59.1 Å².